The molecule has 0 bridgehead atoms. The lowest BCUT2D eigenvalue weighted by Gasteiger charge is -2.35. The third-order valence-corrected chi connectivity index (χ3v) is 7.39. The van der Waals surface area contributed by atoms with Crippen molar-refractivity contribution in [3.05, 3.63) is 81.6 Å². The van der Waals surface area contributed by atoms with Crippen LogP contribution in [0.2, 0.25) is 5.02 Å². The third kappa shape index (κ3) is 4.82. The maximum Gasteiger partial charge on any atom is 0.350 e. The summed E-state index contributed by atoms with van der Waals surface area (Å²) in [6.45, 7) is 5.39. The second-order valence-corrected chi connectivity index (χ2v) is 9.67. The van der Waals surface area contributed by atoms with Gasteiger partial charge in [0.05, 0.1) is 17.9 Å². The average molecular weight is 512 g/mol. The monoisotopic (exact) mass is 511 g/mol. The minimum Gasteiger partial charge on any atom is -0.386 e. The fourth-order valence-electron chi connectivity index (χ4n) is 4.34. The molecule has 3 aromatic heterocycles. The lowest BCUT2D eigenvalue weighted by Crippen LogP contribution is -2.46. The Kier molecular flexibility index (Phi) is 6.85. The van der Waals surface area contributed by atoms with Crippen LogP contribution in [-0.2, 0) is 0 Å². The van der Waals surface area contributed by atoms with Crippen molar-refractivity contribution in [1.82, 2.24) is 24.3 Å². The summed E-state index contributed by atoms with van der Waals surface area (Å²) in [4.78, 5) is 26.7. The molecule has 1 fully saturated rings. The summed E-state index contributed by atoms with van der Waals surface area (Å²) < 4.78 is 2.79. The van der Waals surface area contributed by atoms with Crippen LogP contribution in [0.1, 0.15) is 31.1 Å². The minimum absolute atomic E-state index is 0.323. The van der Waals surface area contributed by atoms with Crippen molar-refractivity contribution in [3.63, 3.8) is 0 Å². The molecular weight excluding hydrogens is 486 g/mol. The molecule has 2 unspecified atom stereocenters. The van der Waals surface area contributed by atoms with Crippen LogP contribution >= 0.6 is 22.9 Å². The lowest BCUT2D eigenvalue weighted by atomic mass is 10.0. The minimum atomic E-state index is -0.887. The van der Waals surface area contributed by atoms with E-state index < -0.39 is 12.1 Å². The summed E-state index contributed by atoms with van der Waals surface area (Å²) in [7, 11) is 0. The van der Waals surface area contributed by atoms with E-state index in [0.717, 1.165) is 37.1 Å². The number of thiazole rings is 1. The van der Waals surface area contributed by atoms with Crippen LogP contribution in [0.15, 0.2) is 65.3 Å². The second-order valence-electron chi connectivity index (χ2n) is 8.36. The average Bonchev–Trinajstić information content (AvgIpc) is 3.56. The van der Waals surface area contributed by atoms with Crippen LogP contribution in [0.25, 0.3) is 5.69 Å². The van der Waals surface area contributed by atoms with Gasteiger partial charge in [-0.15, -0.1) is 11.3 Å². The van der Waals surface area contributed by atoms with Gasteiger partial charge in [-0.2, -0.15) is 5.10 Å². The van der Waals surface area contributed by atoms with Gasteiger partial charge in [0.15, 0.2) is 5.13 Å². The number of nitrogens with zero attached hydrogens (tertiary/aromatic N) is 7. The molecule has 0 amide bonds. The van der Waals surface area contributed by atoms with Crippen molar-refractivity contribution < 1.29 is 5.11 Å². The van der Waals surface area contributed by atoms with Crippen LogP contribution in [0.3, 0.4) is 0 Å². The first-order chi connectivity index (χ1) is 17.0. The molecule has 9 nitrogen and oxygen atoms in total. The van der Waals surface area contributed by atoms with Gasteiger partial charge in [-0.05, 0) is 36.2 Å². The van der Waals surface area contributed by atoms with Crippen molar-refractivity contribution in [1.29, 1.82) is 0 Å². The number of hydrogen-bond donors (Lipinski definition) is 1. The molecule has 0 radical (unpaired) electrons. The molecule has 1 aromatic carbocycles. The molecule has 11 heteroatoms. The zero-order chi connectivity index (χ0) is 24.4. The van der Waals surface area contributed by atoms with E-state index >= 15 is 0 Å². The molecule has 1 aliphatic rings. The van der Waals surface area contributed by atoms with Crippen LogP contribution in [-0.4, -0.2) is 55.6 Å². The van der Waals surface area contributed by atoms with Gasteiger partial charge in [-0.25, -0.2) is 24.0 Å². The molecule has 4 aromatic rings. The van der Waals surface area contributed by atoms with E-state index in [-0.39, 0.29) is 5.69 Å². The van der Waals surface area contributed by atoms with Crippen LogP contribution < -0.4 is 15.5 Å². The Labute approximate surface area is 211 Å². The fourth-order valence-corrected chi connectivity index (χ4v) is 5.16. The van der Waals surface area contributed by atoms with Crippen molar-refractivity contribution in [2.45, 2.75) is 25.5 Å². The van der Waals surface area contributed by atoms with Crippen LogP contribution in [0, 0.1) is 0 Å². The first-order valence-electron chi connectivity index (χ1n) is 11.5. The van der Waals surface area contributed by atoms with Crippen molar-refractivity contribution in [3.8, 4) is 5.69 Å². The van der Waals surface area contributed by atoms with Crippen LogP contribution in [0.4, 0.5) is 10.9 Å². The molecule has 1 saturated heterocycles. The van der Waals surface area contributed by atoms with Gasteiger partial charge in [-0.3, -0.25) is 0 Å². The van der Waals surface area contributed by atoms with E-state index in [0.29, 0.717) is 22.7 Å². The maximum atomic E-state index is 13.2. The maximum absolute atomic E-state index is 13.2. The second kappa shape index (κ2) is 10.2. The van der Waals surface area contributed by atoms with Gasteiger partial charge in [0.1, 0.15) is 18.2 Å². The van der Waals surface area contributed by atoms with Gasteiger partial charge in [0.25, 0.3) is 0 Å². The number of halogens is 1. The van der Waals surface area contributed by atoms with Crippen molar-refractivity contribution in [2.75, 3.05) is 36.0 Å². The lowest BCUT2D eigenvalue weighted by molar-refractivity contribution is 0.101. The van der Waals surface area contributed by atoms with E-state index in [1.807, 2.05) is 30.6 Å². The standard InChI is InChI=1S/C24H26ClN7O2S/c1-2-20(22(33)17-3-5-18(25)6-4-17)32-24(34)31(16-28-32)19-7-8-21(27-15-19)29-10-12-30(13-11-29)23-26-9-14-35-23/h3-9,14-16,20,22,33H,2,10-13H2,1H3. The number of rotatable bonds is 7. The first kappa shape index (κ1) is 23.5. The third-order valence-electron chi connectivity index (χ3n) is 6.31. The summed E-state index contributed by atoms with van der Waals surface area (Å²) in [6, 6.07) is 10.3. The zero-order valence-electron chi connectivity index (χ0n) is 19.2. The molecule has 5 rings (SSSR count). The highest BCUT2D eigenvalue weighted by atomic mass is 35.5. The van der Waals surface area contributed by atoms with E-state index in [2.05, 4.69) is 24.9 Å². The fraction of sp³-hybridized carbons (Fsp3) is 0.333. The number of aliphatic hydroxyl groups excluding tert-OH is 1. The molecule has 1 N–H and O–H groups in total. The molecule has 1 aliphatic heterocycles. The van der Waals surface area contributed by atoms with Gasteiger partial charge < -0.3 is 14.9 Å². The highest BCUT2D eigenvalue weighted by Crippen LogP contribution is 2.28. The SMILES string of the molecule is CCC(C(O)c1ccc(Cl)cc1)n1ncn(-c2ccc(N3CCN(c4nccs4)CC3)nc2)c1=O. The Morgan fingerprint density at radius 1 is 1.06 bits per heavy atom. The Balaban J connectivity index is 1.30. The predicted octanol–water partition coefficient (Wildman–Crippen LogP) is 3.55. The van der Waals surface area contributed by atoms with Gasteiger partial charge >= 0.3 is 5.69 Å². The first-order valence-corrected chi connectivity index (χ1v) is 12.8. The van der Waals surface area contributed by atoms with Gasteiger partial charge in [-0.1, -0.05) is 30.7 Å². The van der Waals surface area contributed by atoms with Gasteiger partial charge in [0.2, 0.25) is 0 Å². The smallest absolute Gasteiger partial charge is 0.350 e. The van der Waals surface area contributed by atoms with Crippen LogP contribution in [0.5, 0.6) is 0 Å². The molecule has 35 heavy (non-hydrogen) atoms. The number of piperazine rings is 1. The largest absolute Gasteiger partial charge is 0.386 e. The van der Waals surface area contributed by atoms with E-state index in [4.69, 9.17) is 11.6 Å². The summed E-state index contributed by atoms with van der Waals surface area (Å²) in [6.07, 6.45) is 4.64. The van der Waals surface area contributed by atoms with E-state index in [1.54, 1.807) is 41.8 Å². The molecular formula is C24H26ClN7O2S. The highest BCUT2D eigenvalue weighted by Gasteiger charge is 2.25. The van der Waals surface area contributed by atoms with Gasteiger partial charge in [0, 0.05) is 42.8 Å². The normalized spacial score (nSPS) is 15.9. The number of benzene rings is 1. The Morgan fingerprint density at radius 2 is 1.80 bits per heavy atom. The predicted molar refractivity (Wildman–Crippen MR) is 138 cm³/mol. The summed E-state index contributed by atoms with van der Waals surface area (Å²) in [5.41, 5.74) is 0.988. The molecule has 2 atom stereocenters. The Hall–Kier alpha value is -3.21. The quantitative estimate of drug-likeness (QED) is 0.405. The Morgan fingerprint density at radius 3 is 2.43 bits per heavy atom. The number of aliphatic hydroxyl groups is 1. The van der Waals surface area contributed by atoms with Crippen molar-refractivity contribution >= 4 is 33.9 Å². The van der Waals surface area contributed by atoms with E-state index in [9.17, 15) is 9.90 Å². The zero-order valence-corrected chi connectivity index (χ0v) is 20.8. The number of anilines is 2. The molecule has 0 saturated carbocycles. The molecule has 4 heterocycles. The highest BCUT2D eigenvalue weighted by molar-refractivity contribution is 7.13. The Bertz CT molecular complexity index is 1300. The number of aromatic nitrogens is 5. The van der Waals surface area contributed by atoms with E-state index in [1.165, 1.54) is 15.6 Å². The molecule has 0 spiro atoms. The summed E-state index contributed by atoms with van der Waals surface area (Å²) >= 11 is 7.62. The summed E-state index contributed by atoms with van der Waals surface area (Å²) in [5, 5.41) is 18.9. The molecule has 182 valence electrons. The molecule has 0 aliphatic carbocycles. The number of hydrogen-bond acceptors (Lipinski definition) is 8. The topological polar surface area (TPSA) is 92.3 Å². The number of pyridine rings is 1. The summed E-state index contributed by atoms with van der Waals surface area (Å²) in [5.74, 6) is 0.873. The van der Waals surface area contributed by atoms with Crippen molar-refractivity contribution in [2.24, 2.45) is 0 Å².